The Hall–Kier alpha value is -3.08. The Labute approximate surface area is 196 Å². The molecule has 172 valence electrons. The van der Waals surface area contributed by atoms with Crippen LogP contribution < -0.4 is 5.32 Å². The predicted octanol–water partition coefficient (Wildman–Crippen LogP) is 4.63. The van der Waals surface area contributed by atoms with Gasteiger partial charge in [0.05, 0.1) is 0 Å². The molecule has 2 fully saturated rings. The quantitative estimate of drug-likeness (QED) is 0.738. The number of carbonyl (C=O) groups excluding carboxylic acids is 2. The number of nitrogens with one attached hydrogen (secondary N) is 1. The number of rotatable bonds is 4. The lowest BCUT2D eigenvalue weighted by molar-refractivity contribution is -0.127. The predicted molar refractivity (Wildman–Crippen MR) is 131 cm³/mol. The van der Waals surface area contributed by atoms with Gasteiger partial charge in [-0.2, -0.15) is 0 Å². The Kier molecular flexibility index (Phi) is 5.51. The van der Waals surface area contributed by atoms with Gasteiger partial charge in [-0.05, 0) is 97.4 Å². The number of hydrogen-bond acceptors (Lipinski definition) is 3. The van der Waals surface area contributed by atoms with Crippen molar-refractivity contribution in [3.05, 3.63) is 76.3 Å². The number of likely N-dealkylation sites (tertiary alicyclic amines) is 1. The van der Waals surface area contributed by atoms with E-state index in [1.54, 1.807) is 14.0 Å². The molecule has 3 atom stereocenters. The van der Waals surface area contributed by atoms with E-state index in [1.165, 1.54) is 34.5 Å². The van der Waals surface area contributed by atoms with E-state index in [0.717, 1.165) is 31.5 Å². The standard InChI is InChI=1S/C28H33N3O2/c1-17-7-10-31-23(11-17)14-22-15-25(22)27(24-6-5-21(12-18(24)2)28(33)29-4)26(31)13-20-8-9-30(16-20)19(3)32/h5-7,10-12,14,20,22,25H,8-9,13,15-16H2,1-4H3,(H,29,33). The van der Waals surface area contributed by atoms with Crippen molar-refractivity contribution >= 4 is 17.4 Å². The van der Waals surface area contributed by atoms with Gasteiger partial charge in [0, 0.05) is 50.2 Å². The lowest BCUT2D eigenvalue weighted by atomic mass is 9.89. The normalized spacial score (nSPS) is 25.8. The Balaban J connectivity index is 1.59. The zero-order valence-electron chi connectivity index (χ0n) is 20.0. The molecule has 4 aliphatic rings. The Morgan fingerprint density at radius 3 is 2.73 bits per heavy atom. The number of hydrogen-bond donors (Lipinski definition) is 1. The van der Waals surface area contributed by atoms with Crippen molar-refractivity contribution in [3.63, 3.8) is 0 Å². The molecule has 3 aliphatic heterocycles. The lowest BCUT2D eigenvalue weighted by Gasteiger charge is -2.31. The molecule has 1 saturated heterocycles. The lowest BCUT2D eigenvalue weighted by Crippen LogP contribution is -2.27. The van der Waals surface area contributed by atoms with Gasteiger partial charge in [-0.1, -0.05) is 12.1 Å². The first-order valence-electron chi connectivity index (χ1n) is 12.0. The molecule has 5 heteroatoms. The zero-order chi connectivity index (χ0) is 23.3. The molecule has 1 aromatic rings. The fourth-order valence-electron chi connectivity index (χ4n) is 5.67. The highest BCUT2D eigenvalue weighted by Gasteiger charge is 2.44. The minimum Gasteiger partial charge on any atom is -0.355 e. The van der Waals surface area contributed by atoms with Crippen molar-refractivity contribution in [2.45, 2.75) is 40.0 Å². The number of allylic oxidation sites excluding steroid dienone is 6. The Morgan fingerprint density at radius 2 is 2.03 bits per heavy atom. The number of nitrogens with zero attached hydrogens (tertiary/aromatic N) is 2. The monoisotopic (exact) mass is 443 g/mol. The summed E-state index contributed by atoms with van der Waals surface area (Å²) in [4.78, 5) is 28.5. The summed E-state index contributed by atoms with van der Waals surface area (Å²) < 4.78 is 0. The van der Waals surface area contributed by atoms with Crippen LogP contribution >= 0.6 is 0 Å². The molecule has 0 spiro atoms. The Bertz CT molecular complexity index is 1140. The molecule has 2 amide bonds. The molecule has 0 aromatic heterocycles. The summed E-state index contributed by atoms with van der Waals surface area (Å²) in [6.45, 7) is 7.63. The molecule has 0 radical (unpaired) electrons. The molecule has 1 aliphatic carbocycles. The zero-order valence-corrected chi connectivity index (χ0v) is 20.0. The molecule has 1 N–H and O–H groups in total. The van der Waals surface area contributed by atoms with Crippen molar-refractivity contribution in [1.82, 2.24) is 15.1 Å². The summed E-state index contributed by atoms with van der Waals surface area (Å²) in [7, 11) is 1.67. The van der Waals surface area contributed by atoms with Crippen LogP contribution in [0.5, 0.6) is 0 Å². The summed E-state index contributed by atoms with van der Waals surface area (Å²) in [5, 5.41) is 2.73. The minimum absolute atomic E-state index is 0.0529. The van der Waals surface area contributed by atoms with Crippen LogP contribution in [0, 0.1) is 24.7 Å². The molecule has 1 saturated carbocycles. The second kappa shape index (κ2) is 8.36. The van der Waals surface area contributed by atoms with Crippen LogP contribution in [0.25, 0.3) is 5.57 Å². The third-order valence-corrected chi connectivity index (χ3v) is 7.56. The van der Waals surface area contributed by atoms with Crippen LogP contribution in [0.15, 0.2) is 59.6 Å². The number of amides is 2. The molecule has 3 unspecified atom stereocenters. The molecule has 5 rings (SSSR count). The maximum Gasteiger partial charge on any atom is 0.251 e. The van der Waals surface area contributed by atoms with E-state index in [9.17, 15) is 9.59 Å². The van der Waals surface area contributed by atoms with Crippen LogP contribution in [0.3, 0.4) is 0 Å². The first-order valence-corrected chi connectivity index (χ1v) is 12.0. The highest BCUT2D eigenvalue weighted by Crippen LogP contribution is 2.55. The summed E-state index contributed by atoms with van der Waals surface area (Å²) >= 11 is 0. The maximum absolute atomic E-state index is 12.2. The van der Waals surface area contributed by atoms with Crippen LogP contribution in [0.2, 0.25) is 0 Å². The third kappa shape index (κ3) is 4.05. The number of aryl methyl sites for hydroxylation is 1. The molecule has 0 bridgehead atoms. The fraction of sp³-hybridized carbons (Fsp3) is 0.429. The number of carbonyl (C=O) groups is 2. The summed E-state index contributed by atoms with van der Waals surface area (Å²) in [6.07, 6.45) is 12.3. The third-order valence-electron chi connectivity index (χ3n) is 7.56. The van der Waals surface area contributed by atoms with Crippen molar-refractivity contribution in [3.8, 4) is 0 Å². The second-order valence-electron chi connectivity index (χ2n) is 9.96. The van der Waals surface area contributed by atoms with E-state index in [1.807, 2.05) is 17.0 Å². The highest BCUT2D eigenvalue weighted by molar-refractivity contribution is 5.94. The first-order chi connectivity index (χ1) is 15.9. The van der Waals surface area contributed by atoms with Crippen molar-refractivity contribution in [1.29, 1.82) is 0 Å². The molecule has 33 heavy (non-hydrogen) atoms. The first kappa shape index (κ1) is 21.7. The number of benzene rings is 1. The van der Waals surface area contributed by atoms with Gasteiger partial charge in [-0.3, -0.25) is 9.59 Å². The maximum atomic E-state index is 12.2. The van der Waals surface area contributed by atoms with E-state index in [4.69, 9.17) is 0 Å². The molecule has 3 heterocycles. The van der Waals surface area contributed by atoms with Crippen molar-refractivity contribution in [2.24, 2.45) is 17.8 Å². The van der Waals surface area contributed by atoms with E-state index in [-0.39, 0.29) is 11.8 Å². The van der Waals surface area contributed by atoms with E-state index >= 15 is 0 Å². The van der Waals surface area contributed by atoms with E-state index in [0.29, 0.717) is 23.3 Å². The van der Waals surface area contributed by atoms with Gasteiger partial charge in [0.1, 0.15) is 0 Å². The molecular formula is C28H33N3O2. The van der Waals surface area contributed by atoms with E-state index in [2.05, 4.69) is 54.6 Å². The smallest absolute Gasteiger partial charge is 0.251 e. The highest BCUT2D eigenvalue weighted by atomic mass is 16.2. The van der Waals surface area contributed by atoms with E-state index < -0.39 is 0 Å². The average molecular weight is 444 g/mol. The van der Waals surface area contributed by atoms with Gasteiger partial charge in [0.25, 0.3) is 5.91 Å². The molecule has 5 nitrogen and oxygen atoms in total. The topological polar surface area (TPSA) is 52.7 Å². The van der Waals surface area contributed by atoms with Crippen LogP contribution in [-0.2, 0) is 4.79 Å². The van der Waals surface area contributed by atoms with Crippen molar-refractivity contribution in [2.75, 3.05) is 20.1 Å². The summed E-state index contributed by atoms with van der Waals surface area (Å²) in [5.41, 5.74) is 8.41. The molecular weight excluding hydrogens is 410 g/mol. The van der Waals surface area contributed by atoms with Crippen molar-refractivity contribution < 1.29 is 9.59 Å². The van der Waals surface area contributed by atoms with Gasteiger partial charge in [-0.15, -0.1) is 0 Å². The van der Waals surface area contributed by atoms with Gasteiger partial charge in [0.15, 0.2) is 0 Å². The van der Waals surface area contributed by atoms with Gasteiger partial charge in [0.2, 0.25) is 5.91 Å². The van der Waals surface area contributed by atoms with Crippen LogP contribution in [0.4, 0.5) is 0 Å². The van der Waals surface area contributed by atoms with Gasteiger partial charge < -0.3 is 15.1 Å². The van der Waals surface area contributed by atoms with Gasteiger partial charge in [-0.25, -0.2) is 0 Å². The second-order valence-corrected chi connectivity index (χ2v) is 9.96. The SMILES string of the molecule is CNC(=O)c1ccc(C2=C(CC3CCN(C(C)=O)C3)N3C=CC(C)=CC3=CC3CC23)c(C)c1. The summed E-state index contributed by atoms with van der Waals surface area (Å²) in [6, 6.07) is 6.10. The van der Waals surface area contributed by atoms with Crippen LogP contribution in [-0.4, -0.2) is 41.8 Å². The Morgan fingerprint density at radius 1 is 1.21 bits per heavy atom. The summed E-state index contributed by atoms with van der Waals surface area (Å²) in [5.74, 6) is 1.65. The van der Waals surface area contributed by atoms with Gasteiger partial charge >= 0.3 is 0 Å². The molecule has 1 aromatic carbocycles. The average Bonchev–Trinajstić information content (AvgIpc) is 3.38. The largest absolute Gasteiger partial charge is 0.355 e. The fourth-order valence-corrected chi connectivity index (χ4v) is 5.67. The van der Waals surface area contributed by atoms with Crippen LogP contribution in [0.1, 0.15) is 54.6 Å². The number of fused-ring (bicyclic) bond motifs is 2. The minimum atomic E-state index is -0.0529.